The number of rotatable bonds is 5. The largest absolute Gasteiger partial charge is 0.391 e. The fraction of sp³-hybridized carbons (Fsp3) is 0.167. The van der Waals surface area contributed by atoms with Crippen LogP contribution < -0.4 is 4.72 Å². The maximum atomic E-state index is 13.4. The van der Waals surface area contributed by atoms with E-state index in [1.54, 1.807) is 0 Å². The Labute approximate surface area is 118 Å². The third-order valence-electron chi connectivity index (χ3n) is 2.56. The predicted molar refractivity (Wildman–Crippen MR) is 70.6 cm³/mol. The van der Waals surface area contributed by atoms with Gasteiger partial charge in [0.1, 0.15) is 11.6 Å². The van der Waals surface area contributed by atoms with Crippen molar-refractivity contribution in [3.8, 4) is 0 Å². The molecule has 2 rings (SSSR count). The highest BCUT2D eigenvalue weighted by molar-refractivity contribution is 7.89. The first-order chi connectivity index (χ1) is 9.42. The van der Waals surface area contributed by atoms with Crippen LogP contribution in [0.15, 0.2) is 34.5 Å². The van der Waals surface area contributed by atoms with E-state index in [0.717, 1.165) is 29.5 Å². The third-order valence-corrected chi connectivity index (χ3v) is 5.01. The van der Waals surface area contributed by atoms with Crippen molar-refractivity contribution in [3.05, 3.63) is 51.7 Å². The van der Waals surface area contributed by atoms with Gasteiger partial charge in [-0.2, -0.15) is 0 Å². The Bertz CT molecular complexity index is 713. The Kier molecular flexibility index (Phi) is 4.48. The topological polar surface area (TPSA) is 66.4 Å². The minimum Gasteiger partial charge on any atom is -0.391 e. The number of thiophene rings is 1. The van der Waals surface area contributed by atoms with E-state index in [0.29, 0.717) is 4.88 Å². The van der Waals surface area contributed by atoms with Crippen LogP contribution in [0.2, 0.25) is 0 Å². The molecule has 0 spiro atoms. The molecular formula is C12H11F2NO3S2. The van der Waals surface area contributed by atoms with Crippen LogP contribution in [0, 0.1) is 11.6 Å². The highest BCUT2D eigenvalue weighted by Crippen LogP contribution is 2.19. The van der Waals surface area contributed by atoms with Gasteiger partial charge in [0.05, 0.1) is 11.5 Å². The third kappa shape index (κ3) is 3.40. The van der Waals surface area contributed by atoms with Crippen LogP contribution in [0.1, 0.15) is 10.4 Å². The van der Waals surface area contributed by atoms with Gasteiger partial charge in [0.2, 0.25) is 10.0 Å². The second kappa shape index (κ2) is 5.96. The summed E-state index contributed by atoms with van der Waals surface area (Å²) in [5.41, 5.74) is -0.0776. The van der Waals surface area contributed by atoms with Gasteiger partial charge in [-0.3, -0.25) is 0 Å². The molecule has 0 aliphatic rings. The standard InChI is InChI=1S/C12H11F2NO3S2/c13-9-1-2-12(14)8(3-9)5-15-20(17,18)11-4-10(6-16)19-7-11/h1-4,7,15-16H,5-6H2. The van der Waals surface area contributed by atoms with Crippen LogP contribution in [0.4, 0.5) is 8.78 Å². The Hall–Kier alpha value is -1.35. The molecule has 1 aromatic carbocycles. The molecule has 20 heavy (non-hydrogen) atoms. The van der Waals surface area contributed by atoms with Crippen LogP contribution in [-0.2, 0) is 23.2 Å². The van der Waals surface area contributed by atoms with Crippen molar-refractivity contribution in [2.24, 2.45) is 0 Å². The monoisotopic (exact) mass is 319 g/mol. The lowest BCUT2D eigenvalue weighted by atomic mass is 10.2. The zero-order valence-electron chi connectivity index (χ0n) is 10.1. The van der Waals surface area contributed by atoms with E-state index in [4.69, 9.17) is 5.11 Å². The maximum Gasteiger partial charge on any atom is 0.241 e. The first-order valence-electron chi connectivity index (χ1n) is 5.54. The first kappa shape index (κ1) is 15.0. The summed E-state index contributed by atoms with van der Waals surface area (Å²) >= 11 is 1.10. The average Bonchev–Trinajstić information content (AvgIpc) is 2.89. The van der Waals surface area contributed by atoms with Crippen molar-refractivity contribution in [3.63, 3.8) is 0 Å². The fourth-order valence-electron chi connectivity index (χ4n) is 1.52. The molecule has 0 aliphatic carbocycles. The number of aliphatic hydroxyl groups is 1. The van der Waals surface area contributed by atoms with Crippen molar-refractivity contribution < 1.29 is 22.3 Å². The van der Waals surface area contributed by atoms with Gasteiger partial charge in [0, 0.05) is 22.4 Å². The lowest BCUT2D eigenvalue weighted by Gasteiger charge is -2.06. The molecule has 0 unspecified atom stereocenters. The minimum atomic E-state index is -3.82. The molecule has 1 heterocycles. The summed E-state index contributed by atoms with van der Waals surface area (Å²) in [7, 11) is -3.82. The highest BCUT2D eigenvalue weighted by Gasteiger charge is 2.16. The fourth-order valence-corrected chi connectivity index (χ4v) is 3.66. The van der Waals surface area contributed by atoms with E-state index >= 15 is 0 Å². The van der Waals surface area contributed by atoms with E-state index in [1.807, 2.05) is 0 Å². The highest BCUT2D eigenvalue weighted by atomic mass is 32.2. The maximum absolute atomic E-state index is 13.4. The molecule has 0 atom stereocenters. The van der Waals surface area contributed by atoms with Gasteiger partial charge in [0.25, 0.3) is 0 Å². The van der Waals surface area contributed by atoms with Crippen molar-refractivity contribution in [2.45, 2.75) is 18.0 Å². The normalized spacial score (nSPS) is 11.8. The molecule has 108 valence electrons. The summed E-state index contributed by atoms with van der Waals surface area (Å²) in [6, 6.07) is 4.16. The summed E-state index contributed by atoms with van der Waals surface area (Å²) < 4.78 is 52.4. The van der Waals surface area contributed by atoms with Crippen molar-refractivity contribution in [2.75, 3.05) is 0 Å². The van der Waals surface area contributed by atoms with Crippen molar-refractivity contribution in [1.82, 2.24) is 4.72 Å². The molecule has 0 saturated carbocycles. The number of benzene rings is 1. The number of halogens is 2. The van der Waals surface area contributed by atoms with E-state index < -0.39 is 21.7 Å². The lowest BCUT2D eigenvalue weighted by molar-refractivity contribution is 0.285. The SMILES string of the molecule is O=S(=O)(NCc1cc(F)ccc1F)c1csc(CO)c1. The molecule has 0 saturated heterocycles. The summed E-state index contributed by atoms with van der Waals surface area (Å²) in [6.07, 6.45) is 0. The molecule has 0 bridgehead atoms. The minimum absolute atomic E-state index is 0.0108. The molecule has 4 nitrogen and oxygen atoms in total. The Morgan fingerprint density at radius 1 is 1.25 bits per heavy atom. The van der Waals surface area contributed by atoms with Crippen LogP contribution >= 0.6 is 11.3 Å². The van der Waals surface area contributed by atoms with Crippen molar-refractivity contribution in [1.29, 1.82) is 0 Å². The van der Waals surface area contributed by atoms with Gasteiger partial charge >= 0.3 is 0 Å². The molecule has 0 radical (unpaired) electrons. The molecule has 0 amide bonds. The van der Waals surface area contributed by atoms with E-state index in [1.165, 1.54) is 11.4 Å². The zero-order chi connectivity index (χ0) is 14.8. The summed E-state index contributed by atoms with van der Waals surface area (Å²) in [4.78, 5) is 0.491. The van der Waals surface area contributed by atoms with Gasteiger partial charge in [0.15, 0.2) is 0 Å². The second-order valence-electron chi connectivity index (χ2n) is 3.97. The van der Waals surface area contributed by atoms with Crippen LogP contribution in [0.3, 0.4) is 0 Å². The quantitative estimate of drug-likeness (QED) is 0.886. The summed E-state index contributed by atoms with van der Waals surface area (Å²) in [6.45, 7) is -0.602. The molecular weight excluding hydrogens is 308 g/mol. The molecule has 8 heteroatoms. The van der Waals surface area contributed by atoms with E-state index in [-0.39, 0.29) is 23.6 Å². The van der Waals surface area contributed by atoms with Crippen LogP contribution in [-0.4, -0.2) is 13.5 Å². The second-order valence-corrected chi connectivity index (χ2v) is 6.73. The Morgan fingerprint density at radius 3 is 2.65 bits per heavy atom. The lowest BCUT2D eigenvalue weighted by Crippen LogP contribution is -2.23. The van der Waals surface area contributed by atoms with E-state index in [2.05, 4.69) is 4.72 Å². The number of hydrogen-bond donors (Lipinski definition) is 2. The van der Waals surface area contributed by atoms with Gasteiger partial charge in [-0.05, 0) is 24.3 Å². The van der Waals surface area contributed by atoms with Crippen molar-refractivity contribution >= 4 is 21.4 Å². The van der Waals surface area contributed by atoms with E-state index in [9.17, 15) is 17.2 Å². The average molecular weight is 319 g/mol. The van der Waals surface area contributed by atoms with Crippen LogP contribution in [0.25, 0.3) is 0 Å². The number of nitrogens with one attached hydrogen (secondary N) is 1. The molecule has 0 fully saturated rings. The number of aliphatic hydroxyl groups excluding tert-OH is 1. The predicted octanol–water partition coefficient (Wildman–Crippen LogP) is 2.00. The van der Waals surface area contributed by atoms with Gasteiger partial charge < -0.3 is 5.11 Å². The molecule has 2 N–H and O–H groups in total. The Balaban J connectivity index is 2.15. The molecule has 1 aromatic heterocycles. The smallest absolute Gasteiger partial charge is 0.241 e. The van der Waals surface area contributed by atoms with Gasteiger partial charge in [-0.25, -0.2) is 21.9 Å². The van der Waals surface area contributed by atoms with Crippen LogP contribution in [0.5, 0.6) is 0 Å². The molecule has 0 aliphatic heterocycles. The number of sulfonamides is 1. The van der Waals surface area contributed by atoms with Gasteiger partial charge in [-0.15, -0.1) is 11.3 Å². The summed E-state index contributed by atoms with van der Waals surface area (Å²) in [5, 5.41) is 10.3. The van der Waals surface area contributed by atoms with Gasteiger partial charge in [-0.1, -0.05) is 0 Å². The molecule has 2 aromatic rings. The Morgan fingerprint density at radius 2 is 2.00 bits per heavy atom. The first-order valence-corrected chi connectivity index (χ1v) is 7.90. The zero-order valence-corrected chi connectivity index (χ0v) is 11.8. The number of hydrogen-bond acceptors (Lipinski definition) is 4. The summed E-state index contributed by atoms with van der Waals surface area (Å²) in [5.74, 6) is -1.32.